The van der Waals surface area contributed by atoms with Crippen LogP contribution in [0, 0.1) is 5.82 Å². The highest BCUT2D eigenvalue weighted by Crippen LogP contribution is 2.33. The van der Waals surface area contributed by atoms with Gasteiger partial charge in [-0.1, -0.05) is 42.5 Å². The smallest absolute Gasteiger partial charge is 0.340 e. The Hall–Kier alpha value is -2.20. The Balaban J connectivity index is 2.67. The van der Waals surface area contributed by atoms with Gasteiger partial charge in [-0.05, 0) is 18.6 Å². The van der Waals surface area contributed by atoms with Crippen molar-refractivity contribution in [3.05, 3.63) is 59.9 Å². The zero-order chi connectivity index (χ0) is 14.0. The summed E-state index contributed by atoms with van der Waals surface area (Å²) >= 11 is 0. The number of hydrogen-bond donors (Lipinski definition) is 2. The van der Waals surface area contributed by atoms with Gasteiger partial charge in [0.2, 0.25) is 0 Å². The first kappa shape index (κ1) is 13.2. The first-order chi connectivity index (χ1) is 8.94. The lowest BCUT2D eigenvalue weighted by atomic mass is 9.88. The molecule has 0 aromatic heterocycles. The molecule has 0 spiro atoms. The van der Waals surface area contributed by atoms with Crippen LogP contribution in [-0.2, 0) is 10.4 Å². The summed E-state index contributed by atoms with van der Waals surface area (Å²) in [7, 11) is 0. The molecule has 2 aromatic carbocycles. The van der Waals surface area contributed by atoms with Gasteiger partial charge in [-0.25, -0.2) is 9.18 Å². The van der Waals surface area contributed by atoms with Crippen LogP contribution in [0.25, 0.3) is 11.1 Å². The van der Waals surface area contributed by atoms with Crippen LogP contribution in [0.5, 0.6) is 0 Å². The van der Waals surface area contributed by atoms with Crippen LogP contribution in [0.1, 0.15) is 12.5 Å². The van der Waals surface area contributed by atoms with Gasteiger partial charge in [-0.15, -0.1) is 0 Å². The number of rotatable bonds is 3. The van der Waals surface area contributed by atoms with Crippen molar-refractivity contribution in [2.75, 3.05) is 0 Å². The molecule has 0 saturated carbocycles. The lowest BCUT2D eigenvalue weighted by molar-refractivity contribution is -0.157. The number of carboxylic acids is 1. The molecule has 3 nitrogen and oxygen atoms in total. The van der Waals surface area contributed by atoms with Crippen molar-refractivity contribution in [1.82, 2.24) is 0 Å². The van der Waals surface area contributed by atoms with Crippen LogP contribution in [0.2, 0.25) is 0 Å². The Bertz CT molecular complexity index is 620. The van der Waals surface area contributed by atoms with Crippen LogP contribution in [0.3, 0.4) is 0 Å². The van der Waals surface area contributed by atoms with E-state index in [1.165, 1.54) is 19.1 Å². The molecule has 0 amide bonds. The molecule has 2 aromatic rings. The minimum atomic E-state index is -2.07. The first-order valence-electron chi connectivity index (χ1n) is 5.75. The average molecular weight is 260 g/mol. The predicted octanol–water partition coefficient (Wildman–Crippen LogP) is 2.78. The summed E-state index contributed by atoms with van der Waals surface area (Å²) < 4.78 is 13.8. The van der Waals surface area contributed by atoms with Gasteiger partial charge in [0.1, 0.15) is 5.82 Å². The molecule has 98 valence electrons. The Morgan fingerprint density at radius 1 is 1.05 bits per heavy atom. The Morgan fingerprint density at radius 3 is 2.16 bits per heavy atom. The van der Waals surface area contributed by atoms with Gasteiger partial charge in [-0.2, -0.15) is 0 Å². The average Bonchev–Trinajstić information content (AvgIpc) is 2.39. The second kappa shape index (κ2) is 4.82. The van der Waals surface area contributed by atoms with E-state index in [4.69, 9.17) is 5.11 Å². The molecular weight excluding hydrogens is 247 g/mol. The van der Waals surface area contributed by atoms with Crippen molar-refractivity contribution < 1.29 is 19.4 Å². The van der Waals surface area contributed by atoms with Gasteiger partial charge in [0, 0.05) is 11.1 Å². The molecule has 0 aliphatic heterocycles. The summed E-state index contributed by atoms with van der Waals surface area (Å²) in [6.45, 7) is 1.18. The molecule has 0 saturated heterocycles. The van der Waals surface area contributed by atoms with E-state index in [-0.39, 0.29) is 11.1 Å². The van der Waals surface area contributed by atoms with Crippen molar-refractivity contribution in [2.24, 2.45) is 0 Å². The third kappa shape index (κ3) is 2.35. The topological polar surface area (TPSA) is 57.5 Å². The highest BCUT2D eigenvalue weighted by atomic mass is 19.1. The Morgan fingerprint density at radius 2 is 1.58 bits per heavy atom. The Kier molecular flexibility index (Phi) is 3.36. The maximum absolute atomic E-state index is 13.8. The van der Waals surface area contributed by atoms with E-state index in [0.717, 1.165) is 0 Å². The third-order valence-electron chi connectivity index (χ3n) is 3.03. The van der Waals surface area contributed by atoms with E-state index in [0.29, 0.717) is 5.56 Å². The lowest BCUT2D eigenvalue weighted by Gasteiger charge is -2.22. The minimum absolute atomic E-state index is 0.160. The largest absolute Gasteiger partial charge is 0.479 e. The second-order valence-corrected chi connectivity index (χ2v) is 4.40. The molecule has 0 heterocycles. The zero-order valence-corrected chi connectivity index (χ0v) is 10.3. The summed E-state index contributed by atoms with van der Waals surface area (Å²) in [4.78, 5) is 11.1. The molecule has 0 aliphatic carbocycles. The highest BCUT2D eigenvalue weighted by molar-refractivity contribution is 5.83. The number of halogens is 1. The summed E-state index contributed by atoms with van der Waals surface area (Å²) in [5, 5.41) is 19.2. The fraction of sp³-hybridized carbons (Fsp3) is 0.133. The van der Waals surface area contributed by atoms with Crippen LogP contribution < -0.4 is 0 Å². The van der Waals surface area contributed by atoms with Crippen LogP contribution in [0.15, 0.2) is 48.5 Å². The molecular formula is C15H13FO3. The third-order valence-corrected chi connectivity index (χ3v) is 3.03. The molecule has 1 unspecified atom stereocenters. The quantitative estimate of drug-likeness (QED) is 0.892. The highest BCUT2D eigenvalue weighted by Gasteiger charge is 2.34. The molecule has 2 N–H and O–H groups in total. The van der Waals surface area contributed by atoms with Gasteiger partial charge in [-0.3, -0.25) is 0 Å². The summed E-state index contributed by atoms with van der Waals surface area (Å²) in [6.07, 6.45) is 0. The van der Waals surface area contributed by atoms with Gasteiger partial charge in [0.15, 0.2) is 5.60 Å². The van der Waals surface area contributed by atoms with E-state index in [2.05, 4.69) is 0 Å². The number of aliphatic carboxylic acids is 1. The second-order valence-electron chi connectivity index (χ2n) is 4.40. The van der Waals surface area contributed by atoms with E-state index >= 15 is 0 Å². The van der Waals surface area contributed by atoms with E-state index in [9.17, 15) is 14.3 Å². The normalized spacial score (nSPS) is 13.8. The number of carboxylic acid groups (broad SMARTS) is 1. The Labute approximate surface area is 109 Å². The van der Waals surface area contributed by atoms with Gasteiger partial charge >= 0.3 is 5.97 Å². The molecule has 19 heavy (non-hydrogen) atoms. The number of carbonyl (C=O) groups is 1. The van der Waals surface area contributed by atoms with Crippen LogP contribution in [-0.4, -0.2) is 16.2 Å². The summed E-state index contributed by atoms with van der Waals surface area (Å²) in [6, 6.07) is 12.4. The van der Waals surface area contributed by atoms with Crippen molar-refractivity contribution >= 4 is 5.97 Å². The van der Waals surface area contributed by atoms with E-state index < -0.39 is 17.4 Å². The molecule has 0 fully saturated rings. The first-order valence-corrected chi connectivity index (χ1v) is 5.75. The van der Waals surface area contributed by atoms with Crippen molar-refractivity contribution in [2.45, 2.75) is 12.5 Å². The SMILES string of the molecule is CC(O)(C(=O)O)c1ccccc1-c1ccccc1F. The fourth-order valence-corrected chi connectivity index (χ4v) is 1.94. The van der Waals surface area contributed by atoms with E-state index in [1.807, 2.05) is 0 Å². The van der Waals surface area contributed by atoms with Crippen molar-refractivity contribution in [3.8, 4) is 11.1 Å². The van der Waals surface area contributed by atoms with Crippen molar-refractivity contribution in [3.63, 3.8) is 0 Å². The standard InChI is InChI=1S/C15H13FO3/c1-15(19,14(17)18)12-8-4-2-6-10(12)11-7-3-5-9-13(11)16/h2-9,19H,1H3,(H,17,18). The number of benzene rings is 2. The minimum Gasteiger partial charge on any atom is -0.479 e. The van der Waals surface area contributed by atoms with Gasteiger partial charge < -0.3 is 10.2 Å². The summed E-state index contributed by atoms with van der Waals surface area (Å²) in [5.74, 6) is -1.84. The molecule has 0 bridgehead atoms. The number of hydrogen-bond acceptors (Lipinski definition) is 2. The monoisotopic (exact) mass is 260 g/mol. The molecule has 2 rings (SSSR count). The van der Waals surface area contributed by atoms with Crippen LogP contribution in [0.4, 0.5) is 4.39 Å². The molecule has 1 atom stereocenters. The molecule has 0 aliphatic rings. The molecule has 0 radical (unpaired) electrons. The summed E-state index contributed by atoms with van der Waals surface area (Å²) in [5.41, 5.74) is -1.28. The zero-order valence-electron chi connectivity index (χ0n) is 10.3. The fourth-order valence-electron chi connectivity index (χ4n) is 1.94. The van der Waals surface area contributed by atoms with Crippen molar-refractivity contribution in [1.29, 1.82) is 0 Å². The van der Waals surface area contributed by atoms with E-state index in [1.54, 1.807) is 36.4 Å². The van der Waals surface area contributed by atoms with Gasteiger partial charge in [0.25, 0.3) is 0 Å². The predicted molar refractivity (Wildman–Crippen MR) is 69.0 cm³/mol. The van der Waals surface area contributed by atoms with Crippen LogP contribution >= 0.6 is 0 Å². The maximum Gasteiger partial charge on any atom is 0.340 e. The van der Waals surface area contributed by atoms with Gasteiger partial charge in [0.05, 0.1) is 0 Å². The molecule has 4 heteroatoms. The number of aliphatic hydroxyl groups is 1. The lowest BCUT2D eigenvalue weighted by Crippen LogP contribution is -2.32. The maximum atomic E-state index is 13.8.